The average molecular weight is 206 g/mol. The molecular formula is C11H18N4. The van der Waals surface area contributed by atoms with Gasteiger partial charge in [0.05, 0.1) is 0 Å². The molecule has 82 valence electrons. The lowest BCUT2D eigenvalue weighted by molar-refractivity contribution is 0.686. The van der Waals surface area contributed by atoms with Crippen LogP contribution in [0.2, 0.25) is 0 Å². The molecule has 1 fully saturated rings. The van der Waals surface area contributed by atoms with Gasteiger partial charge in [-0.3, -0.25) is 0 Å². The molecule has 0 bridgehead atoms. The fraction of sp³-hybridized carbons (Fsp3) is 0.636. The monoisotopic (exact) mass is 206 g/mol. The molecule has 0 radical (unpaired) electrons. The Labute approximate surface area is 90.3 Å². The van der Waals surface area contributed by atoms with Crippen LogP contribution in [0, 0.1) is 12.8 Å². The van der Waals surface area contributed by atoms with Crippen molar-refractivity contribution in [3.05, 3.63) is 11.8 Å². The summed E-state index contributed by atoms with van der Waals surface area (Å²) in [6.07, 6.45) is 7.17. The predicted molar refractivity (Wildman–Crippen MR) is 61.6 cm³/mol. The molecule has 1 aromatic rings. The average Bonchev–Trinajstić information content (AvgIpc) is 3.01. The highest BCUT2D eigenvalue weighted by Crippen LogP contribution is 2.33. The molecule has 0 unspecified atom stereocenters. The van der Waals surface area contributed by atoms with Gasteiger partial charge in [-0.15, -0.1) is 0 Å². The molecule has 4 nitrogen and oxygen atoms in total. The maximum atomic E-state index is 5.53. The van der Waals surface area contributed by atoms with E-state index in [-0.39, 0.29) is 0 Å². The van der Waals surface area contributed by atoms with Crippen LogP contribution in [0.15, 0.2) is 6.20 Å². The molecule has 2 rings (SSSR count). The second-order valence-electron chi connectivity index (χ2n) is 4.27. The standard InChI is InChI=1S/C11H18N4/c1-8-7-14-11(12)15-10(8)13-6-2-3-9-4-5-9/h7,9H,2-6H2,1H3,(H3,12,13,14,15). The Hall–Kier alpha value is -1.32. The van der Waals surface area contributed by atoms with E-state index in [1.807, 2.05) is 6.92 Å². The molecule has 1 saturated carbocycles. The third kappa shape index (κ3) is 3.08. The second kappa shape index (κ2) is 4.47. The van der Waals surface area contributed by atoms with E-state index in [0.29, 0.717) is 5.95 Å². The fourth-order valence-electron chi connectivity index (χ4n) is 1.64. The summed E-state index contributed by atoms with van der Waals surface area (Å²) in [5, 5.41) is 3.31. The largest absolute Gasteiger partial charge is 0.370 e. The Bertz CT molecular complexity index is 333. The molecule has 0 saturated heterocycles. The van der Waals surface area contributed by atoms with Gasteiger partial charge in [-0.05, 0) is 25.7 Å². The molecule has 1 heterocycles. The van der Waals surface area contributed by atoms with Crippen molar-refractivity contribution in [1.29, 1.82) is 0 Å². The number of nitrogens with two attached hydrogens (primary N) is 1. The molecule has 0 amide bonds. The zero-order valence-corrected chi connectivity index (χ0v) is 9.16. The van der Waals surface area contributed by atoms with Gasteiger partial charge in [0.2, 0.25) is 5.95 Å². The topological polar surface area (TPSA) is 63.8 Å². The zero-order valence-electron chi connectivity index (χ0n) is 9.16. The number of nitrogens with one attached hydrogen (secondary N) is 1. The van der Waals surface area contributed by atoms with Gasteiger partial charge >= 0.3 is 0 Å². The van der Waals surface area contributed by atoms with E-state index in [0.717, 1.165) is 23.8 Å². The Kier molecular flexibility index (Phi) is 3.04. The molecule has 0 spiro atoms. The van der Waals surface area contributed by atoms with Crippen LogP contribution in [0.1, 0.15) is 31.2 Å². The molecule has 0 atom stereocenters. The highest BCUT2D eigenvalue weighted by Gasteiger charge is 2.19. The van der Waals surface area contributed by atoms with Crippen LogP contribution in [-0.2, 0) is 0 Å². The molecule has 1 aliphatic rings. The van der Waals surface area contributed by atoms with Crippen molar-refractivity contribution in [3.8, 4) is 0 Å². The smallest absolute Gasteiger partial charge is 0.221 e. The summed E-state index contributed by atoms with van der Waals surface area (Å²) in [5.74, 6) is 2.21. The van der Waals surface area contributed by atoms with E-state index in [2.05, 4.69) is 15.3 Å². The highest BCUT2D eigenvalue weighted by atomic mass is 15.1. The molecule has 1 aliphatic carbocycles. The van der Waals surface area contributed by atoms with Crippen LogP contribution in [-0.4, -0.2) is 16.5 Å². The van der Waals surface area contributed by atoms with Crippen LogP contribution in [0.3, 0.4) is 0 Å². The Morgan fingerprint density at radius 3 is 3.07 bits per heavy atom. The van der Waals surface area contributed by atoms with E-state index in [4.69, 9.17) is 5.73 Å². The number of rotatable bonds is 5. The minimum Gasteiger partial charge on any atom is -0.370 e. The predicted octanol–water partition coefficient (Wildman–Crippen LogP) is 1.97. The van der Waals surface area contributed by atoms with Crippen LogP contribution >= 0.6 is 0 Å². The van der Waals surface area contributed by atoms with Crippen LogP contribution in [0.25, 0.3) is 0 Å². The summed E-state index contributed by atoms with van der Waals surface area (Å²) in [5.41, 5.74) is 6.58. The SMILES string of the molecule is Cc1cnc(N)nc1NCCCC1CC1. The van der Waals surface area contributed by atoms with Gasteiger partial charge in [0.15, 0.2) is 0 Å². The first-order valence-electron chi connectivity index (χ1n) is 5.58. The maximum Gasteiger partial charge on any atom is 0.221 e. The van der Waals surface area contributed by atoms with E-state index in [1.54, 1.807) is 6.20 Å². The molecule has 15 heavy (non-hydrogen) atoms. The summed E-state index contributed by atoms with van der Waals surface area (Å²) >= 11 is 0. The number of hydrogen-bond donors (Lipinski definition) is 2. The first-order valence-corrected chi connectivity index (χ1v) is 5.58. The highest BCUT2D eigenvalue weighted by molar-refractivity contribution is 5.44. The summed E-state index contributed by atoms with van der Waals surface area (Å²) in [7, 11) is 0. The second-order valence-corrected chi connectivity index (χ2v) is 4.27. The lowest BCUT2D eigenvalue weighted by atomic mass is 10.2. The molecule has 4 heteroatoms. The Morgan fingerprint density at radius 2 is 2.33 bits per heavy atom. The van der Waals surface area contributed by atoms with E-state index in [1.165, 1.54) is 25.7 Å². The van der Waals surface area contributed by atoms with Gasteiger partial charge in [0, 0.05) is 18.3 Å². The summed E-state index contributed by atoms with van der Waals surface area (Å²) in [6, 6.07) is 0. The molecule has 0 aliphatic heterocycles. The van der Waals surface area contributed by atoms with Crippen molar-refractivity contribution in [2.45, 2.75) is 32.6 Å². The van der Waals surface area contributed by atoms with Crippen LogP contribution < -0.4 is 11.1 Å². The van der Waals surface area contributed by atoms with Crippen molar-refractivity contribution in [2.24, 2.45) is 5.92 Å². The van der Waals surface area contributed by atoms with Gasteiger partial charge in [0.1, 0.15) is 5.82 Å². The Balaban J connectivity index is 1.78. The molecule has 3 N–H and O–H groups in total. The number of nitrogen functional groups attached to an aromatic ring is 1. The zero-order chi connectivity index (χ0) is 10.7. The van der Waals surface area contributed by atoms with E-state index in [9.17, 15) is 0 Å². The minimum absolute atomic E-state index is 0.338. The summed E-state index contributed by atoms with van der Waals surface area (Å²) in [4.78, 5) is 8.09. The van der Waals surface area contributed by atoms with Gasteiger partial charge in [0.25, 0.3) is 0 Å². The maximum absolute atomic E-state index is 5.53. The summed E-state index contributed by atoms with van der Waals surface area (Å²) < 4.78 is 0. The third-order valence-corrected chi connectivity index (χ3v) is 2.77. The van der Waals surface area contributed by atoms with Crippen molar-refractivity contribution in [2.75, 3.05) is 17.6 Å². The number of anilines is 2. The van der Waals surface area contributed by atoms with E-state index >= 15 is 0 Å². The molecule has 0 aromatic carbocycles. The Morgan fingerprint density at radius 1 is 1.53 bits per heavy atom. The number of aromatic nitrogens is 2. The van der Waals surface area contributed by atoms with Gasteiger partial charge < -0.3 is 11.1 Å². The lowest BCUT2D eigenvalue weighted by Crippen LogP contribution is -2.07. The van der Waals surface area contributed by atoms with Gasteiger partial charge in [-0.25, -0.2) is 4.98 Å². The molecular weight excluding hydrogens is 188 g/mol. The minimum atomic E-state index is 0.338. The van der Waals surface area contributed by atoms with Crippen molar-refractivity contribution >= 4 is 11.8 Å². The van der Waals surface area contributed by atoms with E-state index < -0.39 is 0 Å². The quantitative estimate of drug-likeness (QED) is 0.723. The van der Waals surface area contributed by atoms with Gasteiger partial charge in [-0.2, -0.15) is 4.98 Å². The normalized spacial score (nSPS) is 15.3. The fourth-order valence-corrected chi connectivity index (χ4v) is 1.64. The lowest BCUT2D eigenvalue weighted by Gasteiger charge is -2.07. The number of hydrogen-bond acceptors (Lipinski definition) is 4. The first-order chi connectivity index (χ1) is 7.25. The number of aryl methyl sites for hydroxylation is 1. The number of nitrogens with zero attached hydrogens (tertiary/aromatic N) is 2. The third-order valence-electron chi connectivity index (χ3n) is 2.77. The first kappa shape index (κ1) is 10.2. The molecule has 1 aromatic heterocycles. The van der Waals surface area contributed by atoms with Crippen molar-refractivity contribution in [3.63, 3.8) is 0 Å². The van der Waals surface area contributed by atoms with Crippen molar-refractivity contribution < 1.29 is 0 Å². The van der Waals surface area contributed by atoms with Crippen molar-refractivity contribution in [1.82, 2.24) is 9.97 Å². The van der Waals surface area contributed by atoms with Crippen LogP contribution in [0.4, 0.5) is 11.8 Å². The summed E-state index contributed by atoms with van der Waals surface area (Å²) in [6.45, 7) is 2.97. The van der Waals surface area contributed by atoms with Crippen LogP contribution in [0.5, 0.6) is 0 Å². The van der Waals surface area contributed by atoms with Gasteiger partial charge in [-0.1, -0.05) is 12.8 Å².